The largest absolute Gasteiger partial charge is 0.399 e. The number of anilines is 1. The van der Waals surface area contributed by atoms with E-state index < -0.39 is 10.8 Å². The number of hydrogen-bond donors (Lipinski definition) is 2. The number of rotatable bonds is 4. The van der Waals surface area contributed by atoms with Gasteiger partial charge in [0.15, 0.2) is 4.34 Å². The minimum absolute atomic E-state index is 0.0842. The van der Waals surface area contributed by atoms with Crippen molar-refractivity contribution in [2.75, 3.05) is 31.1 Å². The third kappa shape index (κ3) is 2.61. The molecule has 0 radical (unpaired) electrons. The van der Waals surface area contributed by atoms with Gasteiger partial charge in [-0.25, -0.2) is 9.78 Å². The van der Waals surface area contributed by atoms with Gasteiger partial charge in [-0.3, -0.25) is 4.21 Å². The van der Waals surface area contributed by atoms with E-state index in [-0.39, 0.29) is 6.03 Å². The van der Waals surface area contributed by atoms with Gasteiger partial charge >= 0.3 is 6.03 Å². The van der Waals surface area contributed by atoms with Crippen molar-refractivity contribution in [3.63, 3.8) is 0 Å². The maximum absolute atomic E-state index is 12.2. The summed E-state index contributed by atoms with van der Waals surface area (Å²) in [7, 11) is -1.19. The van der Waals surface area contributed by atoms with Crippen molar-refractivity contribution in [2.45, 2.75) is 4.34 Å². The Labute approximate surface area is 122 Å². The summed E-state index contributed by atoms with van der Waals surface area (Å²) >= 11 is 1.39. The number of nitrogens with two attached hydrogens (primary N) is 1. The van der Waals surface area contributed by atoms with Gasteiger partial charge in [-0.05, 0) is 18.2 Å². The van der Waals surface area contributed by atoms with Crippen molar-refractivity contribution in [3.8, 4) is 0 Å². The molecule has 0 spiro atoms. The number of urea groups is 1. The van der Waals surface area contributed by atoms with E-state index in [1.165, 1.54) is 11.3 Å². The van der Waals surface area contributed by atoms with Gasteiger partial charge in [0.2, 0.25) is 0 Å². The Kier molecular flexibility index (Phi) is 3.58. The first kappa shape index (κ1) is 13.3. The van der Waals surface area contributed by atoms with Crippen LogP contribution in [-0.2, 0) is 10.8 Å². The second-order valence-electron chi connectivity index (χ2n) is 4.48. The van der Waals surface area contributed by atoms with Crippen LogP contribution in [0.3, 0.4) is 0 Å². The van der Waals surface area contributed by atoms with E-state index in [9.17, 15) is 9.00 Å². The van der Waals surface area contributed by atoms with Crippen LogP contribution in [0.5, 0.6) is 0 Å². The molecule has 2 aromatic rings. The van der Waals surface area contributed by atoms with Gasteiger partial charge < -0.3 is 16.0 Å². The molecule has 1 unspecified atom stereocenters. The second kappa shape index (κ2) is 5.37. The summed E-state index contributed by atoms with van der Waals surface area (Å²) in [5.74, 6) is 0.405. The number of benzene rings is 1. The van der Waals surface area contributed by atoms with Crippen LogP contribution in [0.15, 0.2) is 22.5 Å². The van der Waals surface area contributed by atoms with Crippen LogP contribution < -0.4 is 11.1 Å². The number of hydrogen-bond acceptors (Lipinski definition) is 5. The molecule has 1 aromatic carbocycles. The number of carbonyl (C=O) groups is 1. The zero-order valence-corrected chi connectivity index (χ0v) is 12.3. The summed E-state index contributed by atoms with van der Waals surface area (Å²) in [6, 6.07) is 5.36. The highest BCUT2D eigenvalue weighted by molar-refractivity contribution is 7.87. The van der Waals surface area contributed by atoms with Crippen molar-refractivity contribution in [1.29, 1.82) is 0 Å². The van der Waals surface area contributed by atoms with Gasteiger partial charge in [0.1, 0.15) is 0 Å². The lowest BCUT2D eigenvalue weighted by molar-refractivity contribution is 0.220. The third-order valence-electron chi connectivity index (χ3n) is 3.08. The molecule has 1 aromatic heterocycles. The van der Waals surface area contributed by atoms with E-state index in [1.54, 1.807) is 11.0 Å². The van der Waals surface area contributed by atoms with E-state index >= 15 is 0 Å². The number of aromatic nitrogens is 1. The Morgan fingerprint density at radius 1 is 1.50 bits per heavy atom. The number of nitrogen functional groups attached to an aromatic ring is 1. The molecule has 1 fully saturated rings. The lowest BCUT2D eigenvalue weighted by Crippen LogP contribution is -2.31. The lowest BCUT2D eigenvalue weighted by atomic mass is 10.3. The zero-order valence-electron chi connectivity index (χ0n) is 10.7. The summed E-state index contributed by atoms with van der Waals surface area (Å²) in [6.45, 7) is 1.81. The number of fused-ring (bicyclic) bond motifs is 1. The normalized spacial score (nSPS) is 16.6. The summed E-state index contributed by atoms with van der Waals surface area (Å²) < 4.78 is 13.8. The first-order chi connectivity index (χ1) is 9.63. The lowest BCUT2D eigenvalue weighted by Gasteiger charge is -2.12. The fourth-order valence-corrected chi connectivity index (χ4v) is 4.42. The molecular weight excluding hydrogens is 296 g/mol. The molecule has 3 N–H and O–H groups in total. The highest BCUT2D eigenvalue weighted by Crippen LogP contribution is 2.26. The predicted octanol–water partition coefficient (Wildman–Crippen LogP) is 1.01. The van der Waals surface area contributed by atoms with Crippen LogP contribution in [0, 0.1) is 0 Å². The SMILES string of the molecule is Nc1ccc2nc(S(=O)CCN3CCNC3=O)sc2c1. The molecule has 2 amide bonds. The molecule has 1 aliphatic rings. The van der Waals surface area contributed by atoms with Gasteiger partial charge in [0.05, 0.1) is 21.0 Å². The van der Waals surface area contributed by atoms with E-state index in [0.717, 1.165) is 10.2 Å². The number of nitrogens with one attached hydrogen (secondary N) is 1. The maximum Gasteiger partial charge on any atom is 0.317 e. The average Bonchev–Trinajstić information content (AvgIpc) is 3.01. The molecule has 8 heteroatoms. The van der Waals surface area contributed by atoms with Crippen molar-refractivity contribution in [3.05, 3.63) is 18.2 Å². The van der Waals surface area contributed by atoms with Crippen molar-refractivity contribution >= 4 is 44.1 Å². The zero-order chi connectivity index (χ0) is 14.1. The summed E-state index contributed by atoms with van der Waals surface area (Å²) in [5, 5.41) is 2.72. The number of carbonyl (C=O) groups excluding carboxylic acids is 1. The number of amides is 2. The molecule has 3 rings (SSSR count). The fraction of sp³-hybridized carbons (Fsp3) is 0.333. The van der Waals surface area contributed by atoms with Gasteiger partial charge in [-0.1, -0.05) is 0 Å². The van der Waals surface area contributed by atoms with Crippen LogP contribution in [-0.4, -0.2) is 45.5 Å². The Balaban J connectivity index is 1.70. The van der Waals surface area contributed by atoms with Gasteiger partial charge in [0.25, 0.3) is 0 Å². The van der Waals surface area contributed by atoms with E-state index in [2.05, 4.69) is 10.3 Å². The molecule has 20 heavy (non-hydrogen) atoms. The van der Waals surface area contributed by atoms with Crippen LogP contribution in [0.4, 0.5) is 10.5 Å². The van der Waals surface area contributed by atoms with Crippen LogP contribution in [0.2, 0.25) is 0 Å². The monoisotopic (exact) mass is 310 g/mol. The van der Waals surface area contributed by atoms with E-state index in [0.29, 0.717) is 35.4 Å². The average molecular weight is 310 g/mol. The molecule has 106 valence electrons. The van der Waals surface area contributed by atoms with Gasteiger partial charge in [-0.15, -0.1) is 11.3 Å². The molecule has 0 bridgehead atoms. The quantitative estimate of drug-likeness (QED) is 0.825. The second-order valence-corrected chi connectivity index (χ2v) is 7.25. The first-order valence-electron chi connectivity index (χ1n) is 6.21. The Morgan fingerprint density at radius 3 is 3.10 bits per heavy atom. The Bertz CT molecular complexity index is 685. The molecule has 1 atom stereocenters. The minimum atomic E-state index is -1.19. The first-order valence-corrected chi connectivity index (χ1v) is 8.34. The van der Waals surface area contributed by atoms with Gasteiger partial charge in [-0.2, -0.15) is 0 Å². The third-order valence-corrected chi connectivity index (χ3v) is 5.73. The smallest absolute Gasteiger partial charge is 0.317 e. The molecule has 0 aliphatic carbocycles. The molecule has 2 heterocycles. The predicted molar refractivity (Wildman–Crippen MR) is 80.3 cm³/mol. The van der Waals surface area contributed by atoms with Crippen LogP contribution in [0.1, 0.15) is 0 Å². The Morgan fingerprint density at radius 2 is 2.35 bits per heavy atom. The van der Waals surface area contributed by atoms with Crippen LogP contribution in [0.25, 0.3) is 10.2 Å². The highest BCUT2D eigenvalue weighted by atomic mass is 32.2. The summed E-state index contributed by atoms with van der Waals surface area (Å²) in [4.78, 5) is 17.4. The van der Waals surface area contributed by atoms with Crippen molar-refractivity contribution < 1.29 is 9.00 Å². The summed E-state index contributed by atoms with van der Waals surface area (Å²) in [5.41, 5.74) is 7.20. The Hall–Kier alpha value is -1.67. The topological polar surface area (TPSA) is 88.3 Å². The van der Waals surface area contributed by atoms with Crippen molar-refractivity contribution in [2.24, 2.45) is 0 Å². The van der Waals surface area contributed by atoms with E-state index in [1.807, 2.05) is 12.1 Å². The standard InChI is InChI=1S/C12H14N4O2S2/c13-8-1-2-9-10(7-8)19-12(15-9)20(18)6-5-16-4-3-14-11(16)17/h1-2,7H,3-6,13H2,(H,14,17). The van der Waals surface area contributed by atoms with Crippen molar-refractivity contribution in [1.82, 2.24) is 15.2 Å². The molecule has 0 saturated carbocycles. The molecular formula is C12H14N4O2S2. The van der Waals surface area contributed by atoms with E-state index in [4.69, 9.17) is 5.73 Å². The maximum atomic E-state index is 12.2. The molecule has 1 saturated heterocycles. The van der Waals surface area contributed by atoms with Gasteiger partial charge in [0, 0.05) is 31.1 Å². The summed E-state index contributed by atoms with van der Waals surface area (Å²) in [6.07, 6.45) is 0. The number of nitrogens with zero attached hydrogens (tertiary/aromatic N) is 2. The molecule has 6 nitrogen and oxygen atoms in total. The fourth-order valence-electron chi connectivity index (χ4n) is 2.02. The molecule has 1 aliphatic heterocycles. The number of thiazole rings is 1. The highest BCUT2D eigenvalue weighted by Gasteiger charge is 2.20. The minimum Gasteiger partial charge on any atom is -0.399 e. The van der Waals surface area contributed by atoms with Crippen LogP contribution >= 0.6 is 11.3 Å².